The van der Waals surface area contributed by atoms with E-state index in [1.165, 1.54) is 6.33 Å². The molecular formula is C26H22N6O4. The summed E-state index contributed by atoms with van der Waals surface area (Å²) in [6.07, 6.45) is -0.383. The van der Waals surface area contributed by atoms with Crippen molar-refractivity contribution >= 4 is 60.8 Å². The van der Waals surface area contributed by atoms with Crippen molar-refractivity contribution in [2.24, 2.45) is 0 Å². The average Bonchev–Trinajstić information content (AvgIpc) is 3.48. The van der Waals surface area contributed by atoms with Crippen LogP contribution in [0.5, 0.6) is 0 Å². The number of aromatic amines is 1. The molecule has 1 saturated heterocycles. The Bertz CT molecular complexity index is 1840. The van der Waals surface area contributed by atoms with Crippen LogP contribution in [0.1, 0.15) is 12.6 Å². The highest BCUT2D eigenvalue weighted by molar-refractivity contribution is 6.27. The molecule has 0 amide bonds. The van der Waals surface area contributed by atoms with Gasteiger partial charge in [0, 0.05) is 28.6 Å². The number of hydrogen-bond donors (Lipinski definition) is 5. The number of imidazole rings is 1. The number of benzene rings is 4. The zero-order chi connectivity index (χ0) is 24.6. The summed E-state index contributed by atoms with van der Waals surface area (Å²) in [5.74, 6) is 0.251. The van der Waals surface area contributed by atoms with Crippen molar-refractivity contribution in [1.82, 2.24) is 19.5 Å². The van der Waals surface area contributed by atoms with E-state index in [1.807, 2.05) is 36.4 Å². The topological polar surface area (TPSA) is 151 Å². The van der Waals surface area contributed by atoms with Gasteiger partial charge in [-0.3, -0.25) is 14.3 Å². The van der Waals surface area contributed by atoms with E-state index in [1.54, 1.807) is 4.57 Å². The van der Waals surface area contributed by atoms with E-state index in [0.717, 1.165) is 43.7 Å². The third-order valence-corrected chi connectivity index (χ3v) is 7.08. The molecular weight excluding hydrogens is 460 g/mol. The molecule has 1 aliphatic heterocycles. The van der Waals surface area contributed by atoms with Crippen LogP contribution in [0, 0.1) is 0 Å². The van der Waals surface area contributed by atoms with Gasteiger partial charge in [0.05, 0.1) is 19.0 Å². The molecule has 4 aromatic carbocycles. The highest BCUT2D eigenvalue weighted by Crippen LogP contribution is 2.40. The number of ether oxygens (including phenoxy) is 1. The van der Waals surface area contributed by atoms with Crippen LogP contribution in [0.15, 0.2) is 59.7 Å². The monoisotopic (exact) mass is 482 g/mol. The Labute approximate surface area is 203 Å². The molecule has 7 rings (SSSR count). The van der Waals surface area contributed by atoms with Gasteiger partial charge in [0.15, 0.2) is 11.2 Å². The zero-order valence-corrected chi connectivity index (χ0v) is 19.0. The second kappa shape index (κ2) is 7.62. The summed E-state index contributed by atoms with van der Waals surface area (Å²) in [7, 11) is 0. The summed E-state index contributed by atoms with van der Waals surface area (Å²) in [6, 6.07) is 16.1. The first-order valence-corrected chi connectivity index (χ1v) is 11.7. The van der Waals surface area contributed by atoms with E-state index in [0.29, 0.717) is 5.65 Å². The van der Waals surface area contributed by atoms with Gasteiger partial charge in [-0.25, -0.2) is 4.98 Å². The molecule has 6 aromatic rings. The maximum absolute atomic E-state index is 12.8. The van der Waals surface area contributed by atoms with Crippen molar-refractivity contribution in [2.75, 3.05) is 17.7 Å². The van der Waals surface area contributed by atoms with Gasteiger partial charge in [0.1, 0.15) is 12.3 Å². The number of nitrogens with one attached hydrogen (secondary N) is 2. The fourth-order valence-electron chi connectivity index (χ4n) is 5.31. The smallest absolute Gasteiger partial charge is 0.280 e. The summed E-state index contributed by atoms with van der Waals surface area (Å²) in [5, 5.41) is 29.2. The zero-order valence-electron chi connectivity index (χ0n) is 19.0. The molecule has 6 N–H and O–H groups in total. The van der Waals surface area contributed by atoms with Crippen LogP contribution in [-0.2, 0) is 4.74 Å². The summed E-state index contributed by atoms with van der Waals surface area (Å²) < 4.78 is 7.36. The number of rotatable bonds is 4. The summed E-state index contributed by atoms with van der Waals surface area (Å²) in [5.41, 5.74) is 7.86. The van der Waals surface area contributed by atoms with E-state index in [2.05, 4.69) is 32.4 Å². The number of nitrogens with zero attached hydrogens (tertiary/aromatic N) is 3. The number of nitrogen functional groups attached to an aromatic ring is 1. The Morgan fingerprint density at radius 1 is 1.08 bits per heavy atom. The number of aromatic nitrogens is 4. The number of aliphatic hydroxyl groups is 2. The maximum Gasteiger partial charge on any atom is 0.280 e. The van der Waals surface area contributed by atoms with E-state index < -0.39 is 24.0 Å². The Morgan fingerprint density at radius 3 is 2.58 bits per heavy atom. The molecule has 2 aromatic heterocycles. The van der Waals surface area contributed by atoms with Crippen LogP contribution in [0.4, 0.5) is 17.3 Å². The lowest BCUT2D eigenvalue weighted by Gasteiger charge is -2.16. The van der Waals surface area contributed by atoms with Crippen molar-refractivity contribution in [2.45, 2.75) is 24.9 Å². The fourth-order valence-corrected chi connectivity index (χ4v) is 5.31. The lowest BCUT2D eigenvalue weighted by atomic mass is 9.93. The van der Waals surface area contributed by atoms with Crippen molar-refractivity contribution in [1.29, 1.82) is 0 Å². The normalized spacial score (nSPS) is 20.3. The lowest BCUT2D eigenvalue weighted by molar-refractivity contribution is -0.0432. The molecule has 0 aliphatic carbocycles. The average molecular weight is 483 g/mol. The molecule has 10 nitrogen and oxygen atoms in total. The second-order valence-electron chi connectivity index (χ2n) is 9.17. The quantitative estimate of drug-likeness (QED) is 0.190. The number of aliphatic hydroxyl groups excluding tert-OH is 2. The minimum atomic E-state index is -0.816. The number of nitrogens with two attached hydrogens (primary N) is 1. The highest BCUT2D eigenvalue weighted by atomic mass is 16.5. The van der Waals surface area contributed by atoms with Crippen LogP contribution in [0.25, 0.3) is 43.5 Å². The predicted molar refractivity (Wildman–Crippen MR) is 138 cm³/mol. The molecule has 0 bridgehead atoms. The fraction of sp³-hybridized carbons (Fsp3) is 0.192. The maximum atomic E-state index is 12.8. The molecule has 0 unspecified atom stereocenters. The largest absolute Gasteiger partial charge is 0.398 e. The molecule has 10 heteroatoms. The minimum absolute atomic E-state index is 0.164. The van der Waals surface area contributed by atoms with Crippen LogP contribution >= 0.6 is 0 Å². The van der Waals surface area contributed by atoms with Gasteiger partial charge in [0.25, 0.3) is 5.56 Å². The molecule has 0 spiro atoms. The second-order valence-corrected chi connectivity index (χ2v) is 9.17. The van der Waals surface area contributed by atoms with Crippen molar-refractivity contribution in [3.05, 3.63) is 65.2 Å². The third kappa shape index (κ3) is 2.99. The molecule has 3 atom stereocenters. The lowest BCUT2D eigenvalue weighted by Crippen LogP contribution is -2.24. The van der Waals surface area contributed by atoms with Crippen LogP contribution in [-0.4, -0.2) is 48.5 Å². The first-order chi connectivity index (χ1) is 17.5. The van der Waals surface area contributed by atoms with Gasteiger partial charge in [-0.05, 0) is 33.7 Å². The van der Waals surface area contributed by atoms with Crippen molar-refractivity contribution < 1.29 is 14.9 Å². The summed E-state index contributed by atoms with van der Waals surface area (Å²) >= 11 is 0. The predicted octanol–water partition coefficient (Wildman–Crippen LogP) is 2.98. The van der Waals surface area contributed by atoms with Gasteiger partial charge < -0.3 is 26.0 Å². The Balaban J connectivity index is 1.35. The molecule has 36 heavy (non-hydrogen) atoms. The molecule has 3 heterocycles. The van der Waals surface area contributed by atoms with Crippen molar-refractivity contribution in [3.63, 3.8) is 0 Å². The first kappa shape index (κ1) is 21.1. The third-order valence-electron chi connectivity index (χ3n) is 7.08. The number of fused-ring (bicyclic) bond motifs is 1. The number of H-pyrrole nitrogens is 1. The van der Waals surface area contributed by atoms with Crippen LogP contribution in [0.2, 0.25) is 0 Å². The van der Waals surface area contributed by atoms with Gasteiger partial charge in [-0.1, -0.05) is 36.4 Å². The molecule has 1 aliphatic rings. The van der Waals surface area contributed by atoms with E-state index in [-0.39, 0.29) is 24.5 Å². The van der Waals surface area contributed by atoms with Crippen LogP contribution < -0.4 is 16.6 Å². The first-order valence-electron chi connectivity index (χ1n) is 11.7. The van der Waals surface area contributed by atoms with Gasteiger partial charge in [-0.15, -0.1) is 0 Å². The highest BCUT2D eigenvalue weighted by Gasteiger charge is 2.35. The number of anilines is 3. The van der Waals surface area contributed by atoms with E-state index in [4.69, 9.17) is 10.5 Å². The minimum Gasteiger partial charge on any atom is -0.398 e. The van der Waals surface area contributed by atoms with Gasteiger partial charge in [-0.2, -0.15) is 4.98 Å². The van der Waals surface area contributed by atoms with E-state index >= 15 is 0 Å². The van der Waals surface area contributed by atoms with Gasteiger partial charge in [0.2, 0.25) is 5.95 Å². The van der Waals surface area contributed by atoms with Gasteiger partial charge >= 0.3 is 0 Å². The standard InChI is InChI=1S/C26H22N6O4/c27-16-7-3-12-1-2-13-4-8-17(15-6-5-14(16)21(12)22(13)15)29-26-30-24-23(25(35)31-26)28-11-32(24)20-9-18(34)19(10-33)36-20/h1-8,11,18-20,33-34H,9-10,27H2,(H2,29,30,31,35)/t18-,19+,20+/m0/s1. The Kier molecular flexibility index (Phi) is 4.46. The molecule has 0 saturated carbocycles. The Morgan fingerprint density at radius 2 is 1.81 bits per heavy atom. The molecule has 0 radical (unpaired) electrons. The van der Waals surface area contributed by atoms with Crippen LogP contribution in [0.3, 0.4) is 0 Å². The number of hydrogen-bond acceptors (Lipinski definition) is 8. The molecule has 180 valence electrons. The SMILES string of the molecule is Nc1ccc2ccc3ccc(Nc4nc5c(ncn5[C@H]5C[C@H](O)[C@@H](CO)O5)c(=O)[nH]4)c4ccc1c2c34. The summed E-state index contributed by atoms with van der Waals surface area (Å²) in [6.45, 7) is -0.300. The molecule has 1 fully saturated rings. The van der Waals surface area contributed by atoms with E-state index in [9.17, 15) is 15.0 Å². The summed E-state index contributed by atoms with van der Waals surface area (Å²) in [4.78, 5) is 24.4. The van der Waals surface area contributed by atoms with Crippen molar-refractivity contribution in [3.8, 4) is 0 Å². The Hall–Kier alpha value is -4.25.